The molecule has 0 N–H and O–H groups in total. The van der Waals surface area contributed by atoms with Crippen LogP contribution >= 0.6 is 0 Å². The second kappa shape index (κ2) is 13.3. The van der Waals surface area contributed by atoms with Gasteiger partial charge in [-0.15, -0.1) is 0 Å². The molecule has 3 fully saturated rings. The Bertz CT molecular complexity index is 483. The fraction of sp³-hybridized carbons (Fsp3) is 1.00. The van der Waals surface area contributed by atoms with Crippen LogP contribution in [0.1, 0.15) is 157 Å². The first-order chi connectivity index (χ1) is 16.5. The van der Waals surface area contributed by atoms with Crippen molar-refractivity contribution in [3.05, 3.63) is 0 Å². The first kappa shape index (κ1) is 29.0. The summed E-state index contributed by atoms with van der Waals surface area (Å²) in [5.41, 5.74) is -0.211. The molecule has 3 rings (SSSR count). The van der Waals surface area contributed by atoms with Gasteiger partial charge in [0.2, 0.25) is 0 Å². The Morgan fingerprint density at radius 1 is 0.441 bits per heavy atom. The van der Waals surface area contributed by atoms with Gasteiger partial charge in [-0.2, -0.15) is 0 Å². The van der Waals surface area contributed by atoms with E-state index in [0.29, 0.717) is 17.8 Å². The van der Waals surface area contributed by atoms with Crippen molar-refractivity contribution >= 4 is 15.1 Å². The van der Waals surface area contributed by atoms with Gasteiger partial charge in [-0.05, 0) is 94.8 Å². The summed E-state index contributed by atoms with van der Waals surface area (Å²) in [5.74, 6) is 1.99. The third-order valence-corrected chi connectivity index (χ3v) is 12.9. The van der Waals surface area contributed by atoms with Crippen LogP contribution in [0.25, 0.3) is 0 Å². The van der Waals surface area contributed by atoms with Crippen molar-refractivity contribution in [3.8, 4) is 0 Å². The van der Waals surface area contributed by atoms with Crippen LogP contribution in [0.2, 0.25) is 0 Å². The van der Waals surface area contributed by atoms with Gasteiger partial charge >= 0.3 is 15.1 Å². The molecule has 0 saturated heterocycles. The van der Waals surface area contributed by atoms with E-state index in [2.05, 4.69) is 41.5 Å². The normalized spacial score (nSPS) is 21.7. The maximum atomic E-state index is 7.35. The average Bonchev–Trinajstić information content (AvgIpc) is 3.68. The highest BCUT2D eigenvalue weighted by molar-refractivity contribution is 6.37. The molecule has 0 aromatic carbocycles. The molecule has 0 atom stereocenters. The quantitative estimate of drug-likeness (QED) is 0.213. The Morgan fingerprint density at radius 2 is 0.647 bits per heavy atom. The molecule has 0 amide bonds. The zero-order valence-electron chi connectivity index (χ0n) is 23.8. The lowest BCUT2D eigenvalue weighted by Crippen LogP contribution is -2.55. The molecular weight excluding hydrogens is 435 g/mol. The van der Waals surface area contributed by atoms with Gasteiger partial charge in [-0.1, -0.05) is 80.1 Å². The Hall–Kier alpha value is 0.412. The molecule has 0 radical (unpaired) electrons. The zero-order chi connectivity index (χ0) is 24.7. The summed E-state index contributed by atoms with van der Waals surface area (Å²) < 4.78 is 22.1. The first-order valence-corrected chi connectivity index (χ1v) is 16.9. The van der Waals surface area contributed by atoms with Crippen LogP contribution in [-0.4, -0.2) is 32.0 Å². The van der Waals surface area contributed by atoms with E-state index >= 15 is 0 Å². The average molecular weight is 493 g/mol. The summed E-state index contributed by atoms with van der Waals surface area (Å²) in [5, 5.41) is 0. The number of rotatable bonds is 15. The summed E-state index contributed by atoms with van der Waals surface area (Å²) in [4.78, 5) is 0. The molecule has 0 aromatic rings. The highest BCUT2D eigenvalue weighted by atomic mass is 27.3. The Labute approximate surface area is 217 Å². The van der Waals surface area contributed by atoms with Crippen molar-refractivity contribution in [2.45, 2.75) is 174 Å². The second-order valence-corrected chi connectivity index (χ2v) is 13.2. The van der Waals surface area contributed by atoms with Crippen molar-refractivity contribution < 1.29 is 11.4 Å². The smallest absolute Gasteiger partial charge is 0.449 e. The van der Waals surface area contributed by atoms with Gasteiger partial charge in [0.05, 0.1) is 0 Å². The topological polar surface area (TPSA) is 27.7 Å². The molecule has 198 valence electrons. The van der Waals surface area contributed by atoms with Crippen LogP contribution in [0.4, 0.5) is 0 Å². The molecule has 0 aromatic heterocycles. The molecule has 0 bridgehead atoms. The van der Waals surface area contributed by atoms with E-state index in [4.69, 9.17) is 11.4 Å². The lowest BCUT2D eigenvalue weighted by molar-refractivity contribution is -0.135. The summed E-state index contributed by atoms with van der Waals surface area (Å²) >= 11 is -2.38. The summed E-state index contributed by atoms with van der Waals surface area (Å²) in [6, 6.07) is 0. The monoisotopic (exact) mass is 492 g/mol. The van der Waals surface area contributed by atoms with Crippen molar-refractivity contribution in [1.29, 1.82) is 0 Å². The summed E-state index contributed by atoms with van der Waals surface area (Å²) in [7, 11) is 0. The second-order valence-electron chi connectivity index (χ2n) is 11.9. The van der Waals surface area contributed by atoms with Crippen molar-refractivity contribution in [2.24, 2.45) is 17.8 Å². The molecule has 0 aliphatic heterocycles. The maximum Gasteiger partial charge on any atom is 0.906 e. The van der Waals surface area contributed by atoms with E-state index in [9.17, 15) is 0 Å². The van der Waals surface area contributed by atoms with E-state index < -0.39 is 15.1 Å². The Kier molecular flexibility index (Phi) is 11.3. The van der Waals surface area contributed by atoms with E-state index in [1.54, 1.807) is 0 Å². The molecule has 34 heavy (non-hydrogen) atoms. The van der Waals surface area contributed by atoms with Crippen LogP contribution in [0.5, 0.6) is 0 Å². The molecule has 4 heteroatoms. The largest absolute Gasteiger partial charge is 0.906 e. The fourth-order valence-corrected chi connectivity index (χ4v) is 11.1. The molecule has 3 aliphatic rings. The Morgan fingerprint density at radius 3 is 0.824 bits per heavy atom. The standard InChI is InChI=1S/3C10H19O.Al/c3*1-3-10(11,4-2)9-7-5-6-8-9;/h3*9H,3-8H2,1-2H3;/q3*-1;+3. The third kappa shape index (κ3) is 6.10. The highest BCUT2D eigenvalue weighted by Crippen LogP contribution is 2.47. The molecule has 0 spiro atoms. The molecule has 0 unspecified atom stereocenters. The van der Waals surface area contributed by atoms with E-state index in [0.717, 1.165) is 38.5 Å². The predicted molar refractivity (Wildman–Crippen MR) is 145 cm³/mol. The maximum absolute atomic E-state index is 7.35. The van der Waals surface area contributed by atoms with Crippen molar-refractivity contribution in [2.75, 3.05) is 0 Å². The first-order valence-electron chi connectivity index (χ1n) is 15.5. The van der Waals surface area contributed by atoms with Crippen LogP contribution in [0.15, 0.2) is 0 Å². The van der Waals surface area contributed by atoms with E-state index in [-0.39, 0.29) is 16.8 Å². The van der Waals surface area contributed by atoms with Gasteiger partial charge in [-0.25, -0.2) is 0 Å². The molecular formula is C30H57AlO3. The van der Waals surface area contributed by atoms with Gasteiger partial charge in [0.15, 0.2) is 0 Å². The minimum atomic E-state index is -2.38. The number of hydrogen-bond acceptors (Lipinski definition) is 3. The van der Waals surface area contributed by atoms with Gasteiger partial charge in [0.1, 0.15) is 0 Å². The number of hydrogen-bond donors (Lipinski definition) is 0. The Balaban J connectivity index is 1.93. The lowest BCUT2D eigenvalue weighted by Gasteiger charge is -2.47. The van der Waals surface area contributed by atoms with Gasteiger partial charge in [0.25, 0.3) is 0 Å². The van der Waals surface area contributed by atoms with E-state index in [1.807, 2.05) is 0 Å². The lowest BCUT2D eigenvalue weighted by atomic mass is 9.82. The van der Waals surface area contributed by atoms with Crippen LogP contribution in [-0.2, 0) is 11.4 Å². The van der Waals surface area contributed by atoms with E-state index in [1.165, 1.54) is 77.0 Å². The molecule has 3 saturated carbocycles. The summed E-state index contributed by atoms with van der Waals surface area (Å²) in [6.45, 7) is 14.1. The van der Waals surface area contributed by atoms with Gasteiger partial charge in [0, 0.05) is 16.8 Å². The van der Waals surface area contributed by atoms with Crippen molar-refractivity contribution in [3.63, 3.8) is 0 Å². The molecule has 3 nitrogen and oxygen atoms in total. The van der Waals surface area contributed by atoms with Crippen molar-refractivity contribution in [1.82, 2.24) is 0 Å². The van der Waals surface area contributed by atoms with Gasteiger partial charge in [-0.3, -0.25) is 0 Å². The summed E-state index contributed by atoms with van der Waals surface area (Å²) in [6.07, 6.45) is 22.5. The SMILES string of the molecule is CCC(CC)([O][Al]([O]C(CC)(CC)C1CCCC1)[O]C(CC)(CC)C1CCCC1)C1CCCC1. The van der Waals surface area contributed by atoms with Crippen LogP contribution in [0.3, 0.4) is 0 Å². The predicted octanol–water partition coefficient (Wildman–Crippen LogP) is 9.27. The molecule has 3 aliphatic carbocycles. The zero-order valence-corrected chi connectivity index (χ0v) is 24.9. The van der Waals surface area contributed by atoms with Crippen LogP contribution in [0, 0.1) is 17.8 Å². The minimum Gasteiger partial charge on any atom is -0.449 e. The van der Waals surface area contributed by atoms with Gasteiger partial charge < -0.3 is 11.4 Å². The molecule has 0 heterocycles. The minimum absolute atomic E-state index is 0.0703. The fourth-order valence-electron chi connectivity index (χ4n) is 8.27. The third-order valence-electron chi connectivity index (χ3n) is 10.9. The highest BCUT2D eigenvalue weighted by Gasteiger charge is 2.54. The van der Waals surface area contributed by atoms with Crippen LogP contribution < -0.4 is 0 Å².